The van der Waals surface area contributed by atoms with Crippen molar-refractivity contribution in [1.29, 1.82) is 5.26 Å². The summed E-state index contributed by atoms with van der Waals surface area (Å²) in [6.45, 7) is 8.38. The topological polar surface area (TPSA) is 114 Å². The van der Waals surface area contributed by atoms with E-state index in [-0.39, 0.29) is 19.6 Å². The summed E-state index contributed by atoms with van der Waals surface area (Å²) in [6, 6.07) is 22.6. The van der Waals surface area contributed by atoms with Gasteiger partial charge in [-0.2, -0.15) is 18.8 Å². The second kappa shape index (κ2) is 15.6. The minimum atomic E-state index is -0.198. The minimum absolute atomic E-state index is 0. The number of benzene rings is 3. The fourth-order valence-corrected chi connectivity index (χ4v) is 6.65. The van der Waals surface area contributed by atoms with Crippen molar-refractivity contribution < 1.29 is 14.2 Å². The molecule has 2 aromatic heterocycles. The van der Waals surface area contributed by atoms with Gasteiger partial charge in [-0.15, -0.1) is 0 Å². The maximum atomic E-state index is 9.76. The average Bonchev–Trinajstić information content (AvgIpc) is 3.55. The van der Waals surface area contributed by atoms with Crippen molar-refractivity contribution in [3.05, 3.63) is 84.9 Å². The van der Waals surface area contributed by atoms with Gasteiger partial charge in [0.2, 0.25) is 5.95 Å². The number of aromatic nitrogens is 4. The summed E-state index contributed by atoms with van der Waals surface area (Å²) < 4.78 is 19.7. The van der Waals surface area contributed by atoms with Crippen LogP contribution in [0.2, 0.25) is 0 Å². The Morgan fingerprint density at radius 2 is 1.71 bits per heavy atom. The van der Waals surface area contributed by atoms with Crippen LogP contribution in [0.25, 0.3) is 22.2 Å². The Balaban J connectivity index is 0.00000417. The molecule has 0 spiro atoms. The Kier molecular flexibility index (Phi) is 10.8. The van der Waals surface area contributed by atoms with Gasteiger partial charge in [0.05, 0.1) is 55.5 Å². The number of morpholine rings is 1. The highest BCUT2D eigenvalue weighted by Crippen LogP contribution is 2.34. The zero-order valence-electron chi connectivity index (χ0n) is 27.9. The van der Waals surface area contributed by atoms with E-state index >= 15 is 0 Å². The van der Waals surface area contributed by atoms with Crippen LogP contribution in [0.15, 0.2) is 79.4 Å². The Labute approximate surface area is 293 Å². The zero-order chi connectivity index (χ0) is 32.9. The molecule has 49 heavy (non-hydrogen) atoms. The fourth-order valence-electron chi connectivity index (χ4n) is 6.65. The molecular formula is C37H42N8O3S. The van der Waals surface area contributed by atoms with Crippen LogP contribution in [0.4, 0.5) is 17.3 Å². The molecule has 1 N–H and O–H groups in total. The number of piperidine rings is 1. The summed E-state index contributed by atoms with van der Waals surface area (Å²) in [5, 5.41) is 13.1. The SMILES string of the molecule is COc1cc(N2CCC(N3CCOCC3)CC2)ccc1Nc1ncc(-c2ccc(C#N)c(O[C@@H](C)Cn3cnc4ccccc43)c2)cn1.S. The predicted octanol–water partition coefficient (Wildman–Crippen LogP) is 6.00. The van der Waals surface area contributed by atoms with E-state index in [0.717, 1.165) is 91.5 Å². The van der Waals surface area contributed by atoms with Gasteiger partial charge < -0.3 is 29.0 Å². The summed E-state index contributed by atoms with van der Waals surface area (Å²) >= 11 is 0. The second-order valence-corrected chi connectivity index (χ2v) is 12.3. The van der Waals surface area contributed by atoms with Crippen LogP contribution in [-0.2, 0) is 11.3 Å². The normalized spacial score (nSPS) is 16.1. The van der Waals surface area contributed by atoms with Crippen LogP contribution in [-0.4, -0.2) is 83.1 Å². The van der Waals surface area contributed by atoms with Gasteiger partial charge >= 0.3 is 0 Å². The predicted molar refractivity (Wildman–Crippen MR) is 196 cm³/mol. The van der Waals surface area contributed by atoms with Gasteiger partial charge in [-0.3, -0.25) is 4.90 Å². The molecule has 254 valence electrons. The lowest BCUT2D eigenvalue weighted by atomic mass is 10.0. The van der Waals surface area contributed by atoms with Gasteiger partial charge in [-0.1, -0.05) is 18.2 Å². The van der Waals surface area contributed by atoms with Crippen molar-refractivity contribution >= 4 is 41.9 Å². The number of methoxy groups -OCH3 is 1. The Bertz CT molecular complexity index is 1900. The molecule has 12 heteroatoms. The molecule has 3 aromatic carbocycles. The number of hydrogen-bond donors (Lipinski definition) is 1. The molecule has 0 aliphatic carbocycles. The van der Waals surface area contributed by atoms with E-state index in [2.05, 4.69) is 52.8 Å². The molecular weight excluding hydrogens is 637 g/mol. The van der Waals surface area contributed by atoms with Crippen LogP contribution in [0, 0.1) is 11.3 Å². The first-order chi connectivity index (χ1) is 23.6. The first-order valence-corrected chi connectivity index (χ1v) is 16.5. The van der Waals surface area contributed by atoms with E-state index in [1.54, 1.807) is 25.6 Å². The molecule has 0 bridgehead atoms. The van der Waals surface area contributed by atoms with Crippen LogP contribution < -0.4 is 19.7 Å². The molecule has 2 fully saturated rings. The number of nitrogens with zero attached hydrogens (tertiary/aromatic N) is 7. The number of para-hydroxylation sites is 2. The van der Waals surface area contributed by atoms with Crippen LogP contribution in [0.5, 0.6) is 11.5 Å². The van der Waals surface area contributed by atoms with Crippen LogP contribution >= 0.6 is 13.5 Å². The summed E-state index contributed by atoms with van der Waals surface area (Å²) in [4.78, 5) is 18.7. The summed E-state index contributed by atoms with van der Waals surface area (Å²) in [5.74, 6) is 1.72. The maximum absolute atomic E-state index is 9.76. The third kappa shape index (κ3) is 7.75. The second-order valence-electron chi connectivity index (χ2n) is 12.3. The monoisotopic (exact) mass is 678 g/mol. The van der Waals surface area contributed by atoms with E-state index in [9.17, 15) is 5.26 Å². The third-order valence-corrected chi connectivity index (χ3v) is 9.22. The molecule has 4 heterocycles. The molecule has 7 rings (SSSR count). The van der Waals surface area contributed by atoms with Crippen molar-refractivity contribution in [2.45, 2.75) is 38.5 Å². The number of nitriles is 1. The van der Waals surface area contributed by atoms with Crippen LogP contribution in [0.3, 0.4) is 0 Å². The van der Waals surface area contributed by atoms with Crippen molar-refractivity contribution in [3.63, 3.8) is 0 Å². The van der Waals surface area contributed by atoms with E-state index in [1.165, 1.54) is 0 Å². The number of anilines is 3. The van der Waals surface area contributed by atoms with Gasteiger partial charge in [0.25, 0.3) is 0 Å². The van der Waals surface area contributed by atoms with E-state index in [0.29, 0.717) is 29.8 Å². The number of nitrogens with one attached hydrogen (secondary N) is 1. The fraction of sp³-hybridized carbons (Fsp3) is 0.351. The van der Waals surface area contributed by atoms with Gasteiger partial charge in [0, 0.05) is 61.9 Å². The lowest BCUT2D eigenvalue weighted by Crippen LogP contribution is -2.49. The lowest BCUT2D eigenvalue weighted by Gasteiger charge is -2.40. The Morgan fingerprint density at radius 1 is 0.939 bits per heavy atom. The summed E-state index contributed by atoms with van der Waals surface area (Å²) in [5.41, 5.74) is 6.07. The highest BCUT2D eigenvalue weighted by Gasteiger charge is 2.26. The molecule has 2 saturated heterocycles. The molecule has 11 nitrogen and oxygen atoms in total. The van der Waals surface area contributed by atoms with Crippen LogP contribution in [0.1, 0.15) is 25.3 Å². The van der Waals surface area contributed by atoms with E-state index < -0.39 is 0 Å². The highest BCUT2D eigenvalue weighted by molar-refractivity contribution is 7.59. The van der Waals surface area contributed by atoms with Gasteiger partial charge in [0.1, 0.15) is 23.7 Å². The Morgan fingerprint density at radius 3 is 2.47 bits per heavy atom. The molecule has 0 saturated carbocycles. The van der Waals surface area contributed by atoms with Crippen molar-refractivity contribution in [2.24, 2.45) is 0 Å². The number of ether oxygens (including phenoxy) is 3. The number of rotatable bonds is 10. The highest BCUT2D eigenvalue weighted by atomic mass is 32.1. The molecule has 2 aliphatic heterocycles. The summed E-state index contributed by atoms with van der Waals surface area (Å²) in [6.07, 6.45) is 7.45. The standard InChI is InChI=1S/C37H40N8O3.H2S/c1-26(24-45-25-41-32-5-3-4-6-34(32)45)48-35-19-27(7-8-28(35)21-38)29-22-39-37(40-23-29)42-33-10-9-31(20-36(33)46-2)43-13-11-30(12-14-43)44-15-17-47-18-16-44;/h3-10,19-20,22-23,25-26,30H,11-18,24H2,1-2H3,(H,39,40,42);1H2/t26-;/m0./s1. The molecule has 0 unspecified atom stereocenters. The first kappa shape index (κ1) is 34.0. The number of hydrogen-bond acceptors (Lipinski definition) is 10. The first-order valence-electron chi connectivity index (χ1n) is 16.5. The number of fused-ring (bicyclic) bond motifs is 1. The largest absolute Gasteiger partial charge is 0.494 e. The third-order valence-electron chi connectivity index (χ3n) is 9.22. The smallest absolute Gasteiger partial charge is 0.227 e. The van der Waals surface area contributed by atoms with Gasteiger partial charge in [-0.05, 0) is 61.7 Å². The van der Waals surface area contributed by atoms with E-state index in [1.807, 2.05) is 55.7 Å². The van der Waals surface area contributed by atoms with Gasteiger partial charge in [0.15, 0.2) is 0 Å². The van der Waals surface area contributed by atoms with Crippen molar-refractivity contribution in [1.82, 2.24) is 24.4 Å². The Hall–Kier alpha value is -4.83. The van der Waals surface area contributed by atoms with Gasteiger partial charge in [-0.25, -0.2) is 15.0 Å². The molecule has 1 atom stereocenters. The summed E-state index contributed by atoms with van der Waals surface area (Å²) in [7, 11) is 1.68. The van der Waals surface area contributed by atoms with E-state index in [4.69, 9.17) is 14.2 Å². The molecule has 0 radical (unpaired) electrons. The molecule has 0 amide bonds. The molecule has 2 aliphatic rings. The number of imidazole rings is 1. The zero-order valence-corrected chi connectivity index (χ0v) is 28.9. The lowest BCUT2D eigenvalue weighted by molar-refractivity contribution is 0.0115. The quantitative estimate of drug-likeness (QED) is 0.189. The van der Waals surface area contributed by atoms with Crippen molar-refractivity contribution in [2.75, 3.05) is 56.7 Å². The van der Waals surface area contributed by atoms with Crippen molar-refractivity contribution in [3.8, 4) is 28.7 Å². The molecule has 5 aromatic rings. The maximum Gasteiger partial charge on any atom is 0.227 e. The average molecular weight is 679 g/mol. The minimum Gasteiger partial charge on any atom is -0.494 e.